The van der Waals surface area contributed by atoms with Gasteiger partial charge in [-0.1, -0.05) is 39.3 Å². The number of allylic oxidation sites excluding steroid dienone is 1. The van der Waals surface area contributed by atoms with Crippen molar-refractivity contribution in [2.24, 2.45) is 46.3 Å². The first-order valence-electron chi connectivity index (χ1n) is 16.5. The van der Waals surface area contributed by atoms with E-state index in [1.165, 1.54) is 43.4 Å². The summed E-state index contributed by atoms with van der Waals surface area (Å²) < 4.78 is 19.0. The van der Waals surface area contributed by atoms with E-state index in [0.29, 0.717) is 35.2 Å². The molecule has 3 aliphatic heterocycles. The summed E-state index contributed by atoms with van der Waals surface area (Å²) in [6, 6.07) is 0. The molecule has 7 rings (SSSR count). The number of aliphatic hydroxyl groups excluding tert-OH is 4. The molecule has 3 saturated heterocycles. The zero-order chi connectivity index (χ0) is 28.9. The maximum absolute atomic E-state index is 10.5. The van der Waals surface area contributed by atoms with Crippen LogP contribution in [0.3, 0.4) is 0 Å². The second-order valence-electron chi connectivity index (χ2n) is 15.5. The Labute approximate surface area is 249 Å². The predicted molar refractivity (Wildman–Crippen MR) is 157 cm³/mol. The van der Waals surface area contributed by atoms with Gasteiger partial charge < -0.3 is 34.6 Å². The van der Waals surface area contributed by atoms with Gasteiger partial charge in [-0.3, -0.25) is 0 Å². The van der Waals surface area contributed by atoms with Crippen LogP contribution in [0.25, 0.3) is 0 Å². The fourth-order valence-electron chi connectivity index (χ4n) is 11.1. The molecule has 0 aromatic heterocycles. The maximum atomic E-state index is 10.5. The van der Waals surface area contributed by atoms with Crippen LogP contribution < -0.4 is 0 Å². The van der Waals surface area contributed by atoms with Gasteiger partial charge in [-0.25, -0.2) is 0 Å². The van der Waals surface area contributed by atoms with Crippen molar-refractivity contribution in [3.8, 4) is 0 Å². The molecule has 0 bridgehead atoms. The number of thioether (sulfide) groups is 1. The highest BCUT2D eigenvalue weighted by Crippen LogP contribution is 2.71. The quantitative estimate of drug-likeness (QED) is 0.360. The molecule has 232 valence electrons. The fraction of sp³-hybridized carbons (Fsp3) is 0.939. The van der Waals surface area contributed by atoms with E-state index in [9.17, 15) is 20.4 Å². The molecule has 16 atom stereocenters. The summed E-state index contributed by atoms with van der Waals surface area (Å²) >= 11 is 2.13. The zero-order valence-electron chi connectivity index (χ0n) is 25.3. The highest BCUT2D eigenvalue weighted by atomic mass is 32.2. The Hall–Kier alpha value is -0.190. The smallest absolute Gasteiger partial charge is 0.186 e. The Kier molecular flexibility index (Phi) is 7.51. The van der Waals surface area contributed by atoms with E-state index in [-0.39, 0.29) is 16.5 Å². The lowest BCUT2D eigenvalue weighted by molar-refractivity contribution is -0.313. The largest absolute Gasteiger partial charge is 0.394 e. The van der Waals surface area contributed by atoms with Crippen LogP contribution in [0.2, 0.25) is 0 Å². The third-order valence-electron chi connectivity index (χ3n) is 13.5. The van der Waals surface area contributed by atoms with Crippen LogP contribution in [0.1, 0.15) is 85.5 Å². The van der Waals surface area contributed by atoms with E-state index in [0.717, 1.165) is 37.5 Å². The number of hydrogen-bond acceptors (Lipinski definition) is 8. The van der Waals surface area contributed by atoms with Crippen molar-refractivity contribution in [3.05, 3.63) is 11.6 Å². The molecule has 3 saturated carbocycles. The molecule has 1 spiro atoms. The summed E-state index contributed by atoms with van der Waals surface area (Å²) in [7, 11) is 0. The van der Waals surface area contributed by atoms with Crippen LogP contribution in [0.5, 0.6) is 0 Å². The van der Waals surface area contributed by atoms with Crippen LogP contribution in [-0.2, 0) is 14.2 Å². The van der Waals surface area contributed by atoms with E-state index < -0.39 is 37.3 Å². The van der Waals surface area contributed by atoms with Gasteiger partial charge in [0.25, 0.3) is 0 Å². The molecule has 3 heterocycles. The van der Waals surface area contributed by atoms with Crippen molar-refractivity contribution < 1.29 is 34.6 Å². The van der Waals surface area contributed by atoms with Crippen molar-refractivity contribution in [3.63, 3.8) is 0 Å². The summed E-state index contributed by atoms with van der Waals surface area (Å²) in [4.78, 5) is 0.0532. The van der Waals surface area contributed by atoms with Gasteiger partial charge in [-0.2, -0.15) is 0 Å². The first-order valence-corrected chi connectivity index (χ1v) is 17.5. The summed E-state index contributed by atoms with van der Waals surface area (Å²) in [6.45, 7) is 9.59. The number of ether oxygens (including phenoxy) is 3. The summed E-state index contributed by atoms with van der Waals surface area (Å²) in [6.07, 6.45) is 6.91. The van der Waals surface area contributed by atoms with Crippen LogP contribution >= 0.6 is 11.8 Å². The zero-order valence-corrected chi connectivity index (χ0v) is 26.1. The molecule has 6 fully saturated rings. The van der Waals surface area contributed by atoms with Crippen molar-refractivity contribution >= 4 is 11.8 Å². The van der Waals surface area contributed by atoms with E-state index in [1.54, 1.807) is 0 Å². The van der Waals surface area contributed by atoms with Crippen molar-refractivity contribution in [2.75, 3.05) is 12.4 Å². The molecule has 0 radical (unpaired) electrons. The molecule has 0 aromatic rings. The second kappa shape index (κ2) is 10.4. The fourth-order valence-corrected chi connectivity index (χ4v) is 12.7. The molecular formula is C33H52O7S. The lowest BCUT2D eigenvalue weighted by atomic mass is 9.47. The Bertz CT molecular complexity index is 1030. The molecule has 0 unspecified atom stereocenters. The third-order valence-corrected chi connectivity index (χ3v) is 15.4. The van der Waals surface area contributed by atoms with Gasteiger partial charge in [0.2, 0.25) is 0 Å². The second-order valence-corrected chi connectivity index (χ2v) is 16.8. The highest BCUT2D eigenvalue weighted by molar-refractivity contribution is 8.00. The first kappa shape index (κ1) is 29.5. The molecule has 41 heavy (non-hydrogen) atoms. The van der Waals surface area contributed by atoms with Gasteiger partial charge >= 0.3 is 0 Å². The highest BCUT2D eigenvalue weighted by Gasteiger charge is 2.68. The topological polar surface area (TPSA) is 109 Å². The average Bonchev–Trinajstić information content (AvgIpc) is 3.40. The monoisotopic (exact) mass is 592 g/mol. The minimum absolute atomic E-state index is 0.0532. The van der Waals surface area contributed by atoms with Crippen molar-refractivity contribution in [2.45, 2.75) is 133 Å². The normalized spacial score (nSPS) is 58.3. The van der Waals surface area contributed by atoms with Gasteiger partial charge in [0.15, 0.2) is 6.29 Å². The summed E-state index contributed by atoms with van der Waals surface area (Å²) in [5.74, 6) is 5.46. The summed E-state index contributed by atoms with van der Waals surface area (Å²) in [5.41, 5.74) is 2.02. The molecule has 0 aromatic carbocycles. The Morgan fingerprint density at radius 3 is 2.54 bits per heavy atom. The van der Waals surface area contributed by atoms with Crippen molar-refractivity contribution in [1.82, 2.24) is 0 Å². The molecule has 0 amide bonds. The molecule has 4 aliphatic carbocycles. The van der Waals surface area contributed by atoms with E-state index in [2.05, 4.69) is 45.5 Å². The standard InChI is InChI=1S/C33H52O7S/c1-17-7-12-33(41-16-17)18(2)26-24(40-33)14-23-21-6-5-19-13-20(8-10-31(19,3)22(21)9-11-32(23,26)4)38-30-29(37)28(36)27(35)25(15-34)39-30/h5,17-18,20-30,34-37H,6-16H2,1-4H3/t17-,18+,20+,21-,22+,23+,24+,25-,26+,27-,28+,29-,30-,31+,32+,33+/m1/s1. The number of rotatable bonds is 3. The average molecular weight is 593 g/mol. The number of fused-ring (bicyclic) bond motifs is 7. The molecule has 4 N–H and O–H groups in total. The SMILES string of the molecule is C[C@@H]1CC[C@]2(O[C@H]3C[C@H]4[C@@H]5CC=C6C[C@@H](O[C@@H]7O[C@H](CO)[C@@H](O)[C@H](O)[C@H]7O)CC[C@]6(C)[C@H]5CC[C@]4(C)[C@H]3[C@@H]2C)SC1. The van der Waals surface area contributed by atoms with Gasteiger partial charge in [0, 0.05) is 5.92 Å². The van der Waals surface area contributed by atoms with Crippen LogP contribution in [-0.4, -0.2) is 80.6 Å². The minimum atomic E-state index is -1.40. The van der Waals surface area contributed by atoms with Crippen LogP contribution in [0.15, 0.2) is 11.6 Å². The lowest BCUT2D eigenvalue weighted by Crippen LogP contribution is -2.60. The van der Waals surface area contributed by atoms with Crippen molar-refractivity contribution in [1.29, 1.82) is 0 Å². The predicted octanol–water partition coefficient (Wildman–Crippen LogP) is 4.25. The van der Waals surface area contributed by atoms with Gasteiger partial charge in [0.1, 0.15) is 29.3 Å². The summed E-state index contributed by atoms with van der Waals surface area (Å²) in [5, 5.41) is 40.4. The van der Waals surface area contributed by atoms with Gasteiger partial charge in [-0.15, -0.1) is 11.8 Å². The Morgan fingerprint density at radius 1 is 1.00 bits per heavy atom. The van der Waals surface area contributed by atoms with E-state index >= 15 is 0 Å². The van der Waals surface area contributed by atoms with E-state index in [4.69, 9.17) is 14.2 Å². The first-order chi connectivity index (χ1) is 19.5. The Balaban J connectivity index is 1.05. The number of hydrogen-bond donors (Lipinski definition) is 4. The molecule has 7 aliphatic rings. The van der Waals surface area contributed by atoms with E-state index in [1.807, 2.05) is 0 Å². The van der Waals surface area contributed by atoms with Gasteiger partial charge in [0.05, 0.1) is 18.8 Å². The maximum Gasteiger partial charge on any atom is 0.186 e. The number of aliphatic hydroxyl groups is 4. The third kappa shape index (κ3) is 4.39. The van der Waals surface area contributed by atoms with Gasteiger partial charge in [-0.05, 0) is 104 Å². The Morgan fingerprint density at radius 2 is 1.80 bits per heavy atom. The minimum Gasteiger partial charge on any atom is -0.394 e. The van der Waals surface area contributed by atoms with Crippen LogP contribution in [0.4, 0.5) is 0 Å². The molecule has 7 nitrogen and oxygen atoms in total. The molecular weight excluding hydrogens is 540 g/mol. The lowest BCUT2D eigenvalue weighted by Gasteiger charge is -2.58. The van der Waals surface area contributed by atoms with Crippen LogP contribution in [0, 0.1) is 46.3 Å². The molecule has 8 heteroatoms.